The molecule has 41 heavy (non-hydrogen) atoms. The fraction of sp³-hybridized carbons (Fsp3) is 0.258. The molecule has 3 aromatic carbocycles. The first-order chi connectivity index (χ1) is 19.8. The van der Waals surface area contributed by atoms with Crippen LogP contribution in [0.5, 0.6) is 6.01 Å². The van der Waals surface area contributed by atoms with Crippen LogP contribution in [0.15, 0.2) is 82.6 Å². The first-order valence-electron chi connectivity index (χ1n) is 13.4. The minimum atomic E-state index is -4.40. The van der Waals surface area contributed by atoms with Crippen molar-refractivity contribution in [2.45, 2.75) is 45.0 Å². The second kappa shape index (κ2) is 11.0. The van der Waals surface area contributed by atoms with Gasteiger partial charge in [-0.15, -0.1) is 0 Å². The van der Waals surface area contributed by atoms with E-state index in [2.05, 4.69) is 0 Å². The molecule has 6 rings (SSSR count). The summed E-state index contributed by atoms with van der Waals surface area (Å²) in [6, 6.07) is 20.4. The van der Waals surface area contributed by atoms with E-state index < -0.39 is 11.7 Å². The van der Waals surface area contributed by atoms with E-state index in [1.807, 2.05) is 47.4 Å². The Hall–Kier alpha value is -4.11. The smallest absolute Gasteiger partial charge is 0.416 e. The summed E-state index contributed by atoms with van der Waals surface area (Å²) in [5.41, 5.74) is 3.00. The van der Waals surface area contributed by atoms with Gasteiger partial charge in [0, 0.05) is 24.4 Å². The Labute approximate surface area is 239 Å². The van der Waals surface area contributed by atoms with E-state index in [4.69, 9.17) is 26.3 Å². The Balaban J connectivity index is 1.33. The van der Waals surface area contributed by atoms with Crippen LogP contribution in [0, 0.1) is 0 Å². The summed E-state index contributed by atoms with van der Waals surface area (Å²) in [5.74, 6) is 0.767. The lowest BCUT2D eigenvalue weighted by Gasteiger charge is -2.31. The number of aromatic nitrogens is 2. The third-order valence-corrected chi connectivity index (χ3v) is 7.61. The lowest BCUT2D eigenvalue weighted by molar-refractivity contribution is -0.137. The number of rotatable bonds is 4. The third-order valence-electron chi connectivity index (χ3n) is 7.36. The highest BCUT2D eigenvalue weighted by atomic mass is 35.5. The van der Waals surface area contributed by atoms with E-state index >= 15 is 0 Å². The molecule has 2 aliphatic rings. The molecule has 0 bridgehead atoms. The SMILES string of the molecule is O=c1c2c(nc(OCc3ccc(Cl)cc3)n1-c1ccccc1)CCN(C1=Nc3ccc(C(F)(F)F)cc3CCC1)C2. The van der Waals surface area contributed by atoms with Gasteiger partial charge in [-0.1, -0.05) is 41.9 Å². The van der Waals surface area contributed by atoms with Crippen LogP contribution < -0.4 is 10.3 Å². The predicted molar refractivity (Wildman–Crippen MR) is 151 cm³/mol. The van der Waals surface area contributed by atoms with Crippen LogP contribution >= 0.6 is 11.6 Å². The molecule has 0 saturated heterocycles. The lowest BCUT2D eigenvalue weighted by Crippen LogP contribution is -2.41. The average molecular weight is 579 g/mol. The maximum Gasteiger partial charge on any atom is 0.416 e. The molecule has 10 heteroatoms. The quantitative estimate of drug-likeness (QED) is 0.264. The van der Waals surface area contributed by atoms with Crippen LogP contribution in [0.2, 0.25) is 5.02 Å². The number of benzene rings is 3. The summed E-state index contributed by atoms with van der Waals surface area (Å²) in [5, 5.41) is 0.624. The molecular weight excluding hydrogens is 553 g/mol. The van der Waals surface area contributed by atoms with E-state index in [1.54, 1.807) is 12.1 Å². The van der Waals surface area contributed by atoms with Crippen molar-refractivity contribution < 1.29 is 17.9 Å². The van der Waals surface area contributed by atoms with Crippen molar-refractivity contribution in [1.82, 2.24) is 14.5 Å². The van der Waals surface area contributed by atoms with E-state index in [1.165, 1.54) is 16.7 Å². The number of alkyl halides is 3. The number of nitrogens with zero attached hydrogens (tertiary/aromatic N) is 4. The van der Waals surface area contributed by atoms with Crippen molar-refractivity contribution in [2.24, 2.45) is 4.99 Å². The Morgan fingerprint density at radius 1 is 0.951 bits per heavy atom. The Morgan fingerprint density at radius 3 is 2.49 bits per heavy atom. The largest absolute Gasteiger partial charge is 0.459 e. The van der Waals surface area contributed by atoms with E-state index in [0.29, 0.717) is 72.0 Å². The number of ether oxygens (including phenoxy) is 1. The van der Waals surface area contributed by atoms with Gasteiger partial charge in [0.1, 0.15) is 12.4 Å². The fourth-order valence-corrected chi connectivity index (χ4v) is 5.36. The van der Waals surface area contributed by atoms with Gasteiger partial charge in [0.05, 0.1) is 34.7 Å². The van der Waals surface area contributed by atoms with Crippen LogP contribution in [0.25, 0.3) is 5.69 Å². The fourth-order valence-electron chi connectivity index (χ4n) is 5.24. The molecule has 0 unspecified atom stereocenters. The summed E-state index contributed by atoms with van der Waals surface area (Å²) in [4.78, 5) is 25.6. The summed E-state index contributed by atoms with van der Waals surface area (Å²) in [6.07, 6.45) is -2.11. The normalized spacial score (nSPS) is 15.0. The second-order valence-corrected chi connectivity index (χ2v) is 10.5. The molecular formula is C31H26ClF3N4O2. The van der Waals surface area contributed by atoms with Crippen molar-refractivity contribution in [3.63, 3.8) is 0 Å². The van der Waals surface area contributed by atoms with Gasteiger partial charge in [0.2, 0.25) is 0 Å². The molecule has 4 aromatic rings. The second-order valence-electron chi connectivity index (χ2n) is 10.1. The van der Waals surface area contributed by atoms with Crippen LogP contribution in [-0.4, -0.2) is 26.8 Å². The minimum Gasteiger partial charge on any atom is -0.459 e. The topological polar surface area (TPSA) is 59.7 Å². The molecule has 0 atom stereocenters. The molecule has 0 saturated carbocycles. The van der Waals surface area contributed by atoms with Gasteiger partial charge in [-0.05, 0) is 66.4 Å². The van der Waals surface area contributed by atoms with Gasteiger partial charge >= 0.3 is 12.2 Å². The van der Waals surface area contributed by atoms with Crippen LogP contribution in [-0.2, 0) is 32.2 Å². The van der Waals surface area contributed by atoms with Crippen molar-refractivity contribution >= 4 is 23.1 Å². The van der Waals surface area contributed by atoms with E-state index in [0.717, 1.165) is 17.5 Å². The molecule has 0 fully saturated rings. The highest BCUT2D eigenvalue weighted by molar-refractivity contribution is 6.30. The van der Waals surface area contributed by atoms with Crippen LogP contribution in [0.1, 0.15) is 40.8 Å². The van der Waals surface area contributed by atoms with Crippen molar-refractivity contribution in [3.05, 3.63) is 116 Å². The minimum absolute atomic E-state index is 0.213. The van der Waals surface area contributed by atoms with Crippen LogP contribution in [0.3, 0.4) is 0 Å². The number of fused-ring (bicyclic) bond motifs is 2. The molecule has 0 aliphatic carbocycles. The van der Waals surface area contributed by atoms with Gasteiger partial charge in [0.25, 0.3) is 5.56 Å². The Kier molecular flexibility index (Phi) is 7.30. The first kappa shape index (κ1) is 27.1. The van der Waals surface area contributed by atoms with Gasteiger partial charge in [0.15, 0.2) is 0 Å². The maximum atomic E-state index is 14.0. The van der Waals surface area contributed by atoms with Gasteiger partial charge in [-0.3, -0.25) is 4.79 Å². The van der Waals surface area contributed by atoms with Crippen molar-refractivity contribution in [1.29, 1.82) is 0 Å². The maximum absolute atomic E-state index is 14.0. The van der Waals surface area contributed by atoms with Crippen molar-refractivity contribution in [3.8, 4) is 11.7 Å². The lowest BCUT2D eigenvalue weighted by atomic mass is 10.0. The molecule has 0 spiro atoms. The van der Waals surface area contributed by atoms with Gasteiger partial charge in [-0.25, -0.2) is 14.5 Å². The van der Waals surface area contributed by atoms with Gasteiger partial charge in [-0.2, -0.15) is 13.2 Å². The molecule has 0 radical (unpaired) electrons. The summed E-state index contributed by atoms with van der Waals surface area (Å²) >= 11 is 6.01. The van der Waals surface area contributed by atoms with E-state index in [9.17, 15) is 18.0 Å². The Morgan fingerprint density at radius 2 is 1.73 bits per heavy atom. The molecule has 6 nitrogen and oxygen atoms in total. The summed E-state index contributed by atoms with van der Waals surface area (Å²) in [7, 11) is 0. The monoisotopic (exact) mass is 578 g/mol. The zero-order valence-electron chi connectivity index (χ0n) is 22.0. The van der Waals surface area contributed by atoms with E-state index in [-0.39, 0.29) is 18.2 Å². The predicted octanol–water partition coefficient (Wildman–Crippen LogP) is 6.91. The number of hydrogen-bond acceptors (Lipinski definition) is 5. The third kappa shape index (κ3) is 5.72. The first-order valence-corrected chi connectivity index (χ1v) is 13.7. The summed E-state index contributed by atoms with van der Waals surface area (Å²) in [6.45, 7) is 1.11. The number of hydrogen-bond donors (Lipinski definition) is 0. The number of para-hydroxylation sites is 1. The van der Waals surface area contributed by atoms with Crippen molar-refractivity contribution in [2.75, 3.05) is 6.54 Å². The molecule has 1 aromatic heterocycles. The zero-order chi connectivity index (χ0) is 28.6. The molecule has 3 heterocycles. The Bertz CT molecular complexity index is 1670. The molecule has 0 N–H and O–H groups in total. The number of amidine groups is 1. The number of aliphatic imine (C=N–C) groups is 1. The van der Waals surface area contributed by atoms with Gasteiger partial charge < -0.3 is 9.64 Å². The highest BCUT2D eigenvalue weighted by Gasteiger charge is 2.32. The zero-order valence-corrected chi connectivity index (χ0v) is 22.8. The molecule has 210 valence electrons. The standard InChI is InChI=1S/C31H26ClF3N4O2/c32-23-12-9-20(10-13-23)19-41-30-37-27-15-16-38(18-25(27)29(40)39(30)24-6-2-1-3-7-24)28-8-4-5-21-17-22(31(33,34)35)11-14-26(21)36-28/h1-3,6-7,9-14,17H,4-5,8,15-16,18-19H2. The molecule has 2 aliphatic heterocycles. The highest BCUT2D eigenvalue weighted by Crippen LogP contribution is 2.35. The molecule has 0 amide bonds. The number of aryl methyl sites for hydroxylation is 1. The van der Waals surface area contributed by atoms with Crippen LogP contribution in [0.4, 0.5) is 18.9 Å². The number of halogens is 4. The summed E-state index contributed by atoms with van der Waals surface area (Å²) < 4.78 is 47.3. The average Bonchev–Trinajstić information content (AvgIpc) is 3.19.